The summed E-state index contributed by atoms with van der Waals surface area (Å²) in [6.07, 6.45) is 3.10. The lowest BCUT2D eigenvalue weighted by Gasteiger charge is -2.08. The molecule has 0 aromatic heterocycles. The Morgan fingerprint density at radius 2 is 1.93 bits per heavy atom. The smallest absolute Gasteiger partial charge is 0.286 e. The van der Waals surface area contributed by atoms with Crippen molar-refractivity contribution in [2.45, 2.75) is 0 Å². The minimum Gasteiger partial charge on any atom is -0.507 e. The van der Waals surface area contributed by atoms with Crippen LogP contribution in [-0.4, -0.2) is 40.8 Å². The molecule has 2 aromatic carbocycles. The zero-order valence-electron chi connectivity index (χ0n) is 14.6. The third kappa shape index (κ3) is 4.12. The Labute approximate surface area is 166 Å². The highest BCUT2D eigenvalue weighted by Gasteiger charge is 2.32. The molecule has 1 N–H and O–H groups in total. The minimum absolute atomic E-state index is 0.0743. The molecule has 138 valence electrons. The van der Waals surface area contributed by atoms with E-state index in [0.29, 0.717) is 26.3 Å². The van der Waals surface area contributed by atoms with Crippen LogP contribution in [0.2, 0.25) is 0 Å². The minimum atomic E-state index is -0.338. The Balaban J connectivity index is 1.86. The summed E-state index contributed by atoms with van der Waals surface area (Å²) < 4.78 is 10.8. The van der Waals surface area contributed by atoms with Crippen LogP contribution in [0, 0.1) is 0 Å². The van der Waals surface area contributed by atoms with Crippen molar-refractivity contribution < 1.29 is 19.4 Å². The summed E-state index contributed by atoms with van der Waals surface area (Å²) in [6, 6.07) is 12.0. The molecular weight excluding hydrogens is 384 g/mol. The second-order valence-electron chi connectivity index (χ2n) is 5.40. The zero-order valence-corrected chi connectivity index (χ0v) is 16.2. The van der Waals surface area contributed by atoms with Crippen LogP contribution in [0.1, 0.15) is 11.1 Å². The molecule has 1 fully saturated rings. The molecule has 8 heteroatoms. The van der Waals surface area contributed by atoms with E-state index in [4.69, 9.17) is 21.7 Å². The molecule has 0 radical (unpaired) electrons. The fourth-order valence-corrected chi connectivity index (χ4v) is 3.52. The monoisotopic (exact) mass is 400 g/mol. The lowest BCUT2D eigenvalue weighted by molar-refractivity contribution is -0.122. The normalized spacial score (nSPS) is 15.8. The molecule has 0 spiro atoms. The van der Waals surface area contributed by atoms with Crippen molar-refractivity contribution in [3.8, 4) is 17.2 Å². The molecule has 1 amide bonds. The fourth-order valence-electron chi connectivity index (χ4n) is 2.35. The fraction of sp³-hybridized carbons (Fsp3) is 0.105. The van der Waals surface area contributed by atoms with E-state index < -0.39 is 0 Å². The van der Waals surface area contributed by atoms with Crippen molar-refractivity contribution in [2.75, 3.05) is 14.2 Å². The summed E-state index contributed by atoms with van der Waals surface area (Å²) in [5.74, 6) is 0.973. The molecule has 0 saturated carbocycles. The van der Waals surface area contributed by atoms with Gasteiger partial charge in [0.1, 0.15) is 17.2 Å². The van der Waals surface area contributed by atoms with Gasteiger partial charge >= 0.3 is 0 Å². The number of phenols is 1. The van der Waals surface area contributed by atoms with Crippen LogP contribution in [0.25, 0.3) is 6.08 Å². The molecule has 1 aliphatic rings. The first-order chi connectivity index (χ1) is 13.0. The molecule has 6 nitrogen and oxygen atoms in total. The van der Waals surface area contributed by atoms with Gasteiger partial charge < -0.3 is 14.6 Å². The number of phenolic OH excluding ortho intramolecular Hbond substituents is 1. The van der Waals surface area contributed by atoms with Crippen LogP contribution in [-0.2, 0) is 4.79 Å². The number of hydrazone groups is 1. The molecule has 2 aromatic rings. The first-order valence-corrected chi connectivity index (χ1v) is 9.08. The van der Waals surface area contributed by atoms with Gasteiger partial charge in [0.15, 0.2) is 4.32 Å². The number of amides is 1. The maximum absolute atomic E-state index is 12.7. The number of hydrogen-bond donors (Lipinski definition) is 1. The number of carbonyl (C=O) groups is 1. The SMILES string of the molecule is COc1ccc(/C=C2/SC(=S)N(/N=C/c3ccccc3O)C2=O)c(OC)c1. The van der Waals surface area contributed by atoms with Crippen molar-refractivity contribution in [2.24, 2.45) is 5.10 Å². The lowest BCUT2D eigenvalue weighted by Crippen LogP contribution is -2.22. The Morgan fingerprint density at radius 1 is 1.15 bits per heavy atom. The quantitative estimate of drug-likeness (QED) is 0.469. The summed E-state index contributed by atoms with van der Waals surface area (Å²) in [7, 11) is 3.12. The number of ether oxygens (including phenoxy) is 2. The van der Waals surface area contributed by atoms with E-state index in [1.165, 1.54) is 6.21 Å². The van der Waals surface area contributed by atoms with Crippen molar-refractivity contribution >= 4 is 46.5 Å². The number of nitrogens with zero attached hydrogens (tertiary/aromatic N) is 2. The average Bonchev–Trinajstić information content (AvgIpc) is 2.94. The molecule has 0 aliphatic carbocycles. The van der Waals surface area contributed by atoms with Crippen molar-refractivity contribution in [3.05, 3.63) is 58.5 Å². The second kappa shape index (κ2) is 8.24. The number of rotatable bonds is 5. The number of methoxy groups -OCH3 is 2. The van der Waals surface area contributed by atoms with Crippen LogP contribution < -0.4 is 9.47 Å². The molecule has 27 heavy (non-hydrogen) atoms. The van der Waals surface area contributed by atoms with Gasteiger partial charge in [-0.2, -0.15) is 10.1 Å². The Kier molecular flexibility index (Phi) is 5.78. The highest BCUT2D eigenvalue weighted by atomic mass is 32.2. The van der Waals surface area contributed by atoms with Crippen LogP contribution in [0.15, 0.2) is 52.5 Å². The molecule has 0 bridgehead atoms. The van der Waals surface area contributed by atoms with Gasteiger partial charge in [0.25, 0.3) is 5.91 Å². The third-order valence-electron chi connectivity index (χ3n) is 3.75. The summed E-state index contributed by atoms with van der Waals surface area (Å²) in [4.78, 5) is 13.1. The van der Waals surface area contributed by atoms with E-state index in [0.717, 1.165) is 22.3 Å². The molecule has 3 rings (SSSR count). The van der Waals surface area contributed by atoms with E-state index in [2.05, 4.69) is 5.10 Å². The maximum Gasteiger partial charge on any atom is 0.286 e. The largest absolute Gasteiger partial charge is 0.507 e. The highest BCUT2D eigenvalue weighted by molar-refractivity contribution is 8.26. The predicted molar refractivity (Wildman–Crippen MR) is 110 cm³/mol. The van der Waals surface area contributed by atoms with E-state index in [1.54, 1.807) is 62.8 Å². The van der Waals surface area contributed by atoms with Crippen LogP contribution in [0.5, 0.6) is 17.2 Å². The Hall–Kier alpha value is -2.84. The van der Waals surface area contributed by atoms with Crippen LogP contribution >= 0.6 is 24.0 Å². The number of thioether (sulfide) groups is 1. The number of thiocarbonyl (C=S) groups is 1. The highest BCUT2D eigenvalue weighted by Crippen LogP contribution is 2.35. The van der Waals surface area contributed by atoms with Gasteiger partial charge in [0.2, 0.25) is 0 Å². The first kappa shape index (κ1) is 18.9. The lowest BCUT2D eigenvalue weighted by atomic mass is 10.1. The van der Waals surface area contributed by atoms with Crippen molar-refractivity contribution in [1.29, 1.82) is 0 Å². The molecule has 1 saturated heterocycles. The van der Waals surface area contributed by atoms with E-state index in [1.807, 2.05) is 0 Å². The number of aromatic hydroxyl groups is 1. The van der Waals surface area contributed by atoms with Gasteiger partial charge in [0.05, 0.1) is 25.3 Å². The van der Waals surface area contributed by atoms with E-state index >= 15 is 0 Å². The summed E-state index contributed by atoms with van der Waals surface area (Å²) in [6.45, 7) is 0. The van der Waals surface area contributed by atoms with Gasteiger partial charge in [-0.25, -0.2) is 0 Å². The molecule has 0 unspecified atom stereocenters. The summed E-state index contributed by atoms with van der Waals surface area (Å²) in [5.41, 5.74) is 1.22. The number of carbonyl (C=O) groups excluding carboxylic acids is 1. The van der Waals surface area contributed by atoms with Crippen LogP contribution in [0.4, 0.5) is 0 Å². The van der Waals surface area contributed by atoms with Gasteiger partial charge in [0, 0.05) is 17.2 Å². The zero-order chi connectivity index (χ0) is 19.4. The molecule has 1 heterocycles. The third-order valence-corrected chi connectivity index (χ3v) is 5.03. The second-order valence-corrected chi connectivity index (χ2v) is 7.08. The predicted octanol–water partition coefficient (Wildman–Crippen LogP) is 3.64. The van der Waals surface area contributed by atoms with Gasteiger partial charge in [-0.15, -0.1) is 0 Å². The van der Waals surface area contributed by atoms with E-state index in [-0.39, 0.29) is 11.7 Å². The maximum atomic E-state index is 12.7. The first-order valence-electron chi connectivity index (χ1n) is 7.85. The average molecular weight is 400 g/mol. The molecule has 1 aliphatic heterocycles. The topological polar surface area (TPSA) is 71.4 Å². The summed E-state index contributed by atoms with van der Waals surface area (Å²) >= 11 is 6.41. The molecular formula is C19H16N2O4S2. The van der Waals surface area contributed by atoms with E-state index in [9.17, 15) is 9.90 Å². The van der Waals surface area contributed by atoms with Gasteiger partial charge in [-0.3, -0.25) is 4.79 Å². The number of hydrogen-bond acceptors (Lipinski definition) is 7. The summed E-state index contributed by atoms with van der Waals surface area (Å²) in [5, 5.41) is 15.1. The number of benzene rings is 2. The Morgan fingerprint density at radius 3 is 2.63 bits per heavy atom. The Bertz CT molecular complexity index is 956. The number of para-hydroxylation sites is 1. The standard InChI is InChI=1S/C19H16N2O4S2/c1-24-14-8-7-12(16(10-14)25-2)9-17-18(23)21(19(26)27-17)20-11-13-5-3-4-6-15(13)22/h3-11,22H,1-2H3/b17-9+,20-11+. The van der Waals surface area contributed by atoms with Crippen molar-refractivity contribution in [1.82, 2.24) is 5.01 Å². The van der Waals surface area contributed by atoms with Crippen LogP contribution in [0.3, 0.4) is 0 Å². The molecule has 0 atom stereocenters. The van der Waals surface area contributed by atoms with Crippen molar-refractivity contribution in [3.63, 3.8) is 0 Å². The van der Waals surface area contributed by atoms with Gasteiger partial charge in [-0.1, -0.05) is 23.9 Å². The van der Waals surface area contributed by atoms with Gasteiger partial charge in [-0.05, 0) is 42.6 Å².